The van der Waals surface area contributed by atoms with E-state index in [0.717, 1.165) is 51.2 Å². The van der Waals surface area contributed by atoms with Crippen LogP contribution in [0.3, 0.4) is 0 Å². The fourth-order valence-electron chi connectivity index (χ4n) is 3.48. The lowest BCUT2D eigenvalue weighted by Gasteiger charge is -2.11. The van der Waals surface area contributed by atoms with Gasteiger partial charge in [-0.15, -0.1) is 12.4 Å². The van der Waals surface area contributed by atoms with Gasteiger partial charge in [-0.3, -0.25) is 4.79 Å². The highest BCUT2D eigenvalue weighted by molar-refractivity contribution is 6.31. The molecule has 1 heterocycles. The molecule has 0 aliphatic carbocycles. The summed E-state index contributed by atoms with van der Waals surface area (Å²) in [5.74, 6) is 0.111. The van der Waals surface area contributed by atoms with Gasteiger partial charge < -0.3 is 10.7 Å². The van der Waals surface area contributed by atoms with Crippen molar-refractivity contribution in [2.24, 2.45) is 5.92 Å². The number of nitrogens with two attached hydrogens (primary N) is 1. The summed E-state index contributed by atoms with van der Waals surface area (Å²) >= 11 is 6.37. The number of nitrogen functional groups attached to an aromatic ring is 1. The first-order valence-corrected chi connectivity index (χ1v) is 9.50. The lowest BCUT2D eigenvalue weighted by atomic mass is 9.92. The minimum Gasteiger partial charge on any atom is -0.399 e. The molecule has 0 fully saturated rings. The number of fused-ring (bicyclic) bond motifs is 1. The first-order valence-electron chi connectivity index (χ1n) is 9.12. The number of aromatic amines is 1. The largest absolute Gasteiger partial charge is 0.399 e. The second-order valence-corrected chi connectivity index (χ2v) is 7.53. The van der Waals surface area contributed by atoms with Gasteiger partial charge >= 0.3 is 0 Å². The van der Waals surface area contributed by atoms with E-state index in [9.17, 15) is 4.79 Å². The van der Waals surface area contributed by atoms with Crippen LogP contribution in [0.1, 0.15) is 54.4 Å². The number of halogens is 2. The Morgan fingerprint density at radius 3 is 2.52 bits per heavy atom. The highest BCUT2D eigenvalue weighted by atomic mass is 35.5. The molecular weight excluding hydrogens is 379 g/mol. The monoisotopic (exact) mass is 404 g/mol. The third kappa shape index (κ3) is 4.31. The first kappa shape index (κ1) is 21.3. The molecule has 3 rings (SSSR count). The van der Waals surface area contributed by atoms with E-state index in [2.05, 4.69) is 11.9 Å². The molecule has 2 aromatic carbocycles. The molecule has 3 N–H and O–H groups in total. The third-order valence-electron chi connectivity index (χ3n) is 4.69. The summed E-state index contributed by atoms with van der Waals surface area (Å²) < 4.78 is 0. The van der Waals surface area contributed by atoms with E-state index in [4.69, 9.17) is 17.3 Å². The fraction of sp³-hybridized carbons (Fsp3) is 0.318. The lowest BCUT2D eigenvalue weighted by molar-refractivity contribution is 0.0940. The summed E-state index contributed by atoms with van der Waals surface area (Å²) in [6.07, 6.45) is 2.46. The van der Waals surface area contributed by atoms with Crippen LogP contribution >= 0.6 is 24.0 Å². The quantitative estimate of drug-likeness (QED) is 0.379. The molecule has 0 aliphatic heterocycles. The Morgan fingerprint density at radius 1 is 1.19 bits per heavy atom. The Labute approximate surface area is 171 Å². The van der Waals surface area contributed by atoms with Crippen molar-refractivity contribution >= 4 is 46.4 Å². The van der Waals surface area contributed by atoms with Gasteiger partial charge in [-0.25, -0.2) is 0 Å². The van der Waals surface area contributed by atoms with Crippen molar-refractivity contribution in [2.75, 3.05) is 5.73 Å². The molecule has 5 heteroatoms. The number of Topliss-reactive ketones (excluding diaryl/α,β-unsaturated/α-hetero) is 1. The number of carbonyl (C=O) groups excluding carboxylic acids is 1. The average molecular weight is 405 g/mol. The van der Waals surface area contributed by atoms with E-state index in [1.807, 2.05) is 50.2 Å². The van der Waals surface area contributed by atoms with Crippen LogP contribution in [0.15, 0.2) is 36.4 Å². The van der Waals surface area contributed by atoms with Crippen LogP contribution in [0.5, 0.6) is 0 Å². The van der Waals surface area contributed by atoms with Gasteiger partial charge in [0.2, 0.25) is 0 Å². The van der Waals surface area contributed by atoms with E-state index in [-0.39, 0.29) is 24.1 Å². The normalized spacial score (nSPS) is 11.0. The van der Waals surface area contributed by atoms with Crippen molar-refractivity contribution in [3.8, 4) is 0 Å². The second-order valence-electron chi connectivity index (χ2n) is 7.12. The van der Waals surface area contributed by atoms with Crippen LogP contribution in [0.4, 0.5) is 5.69 Å². The molecule has 3 nitrogen and oxygen atoms in total. The highest BCUT2D eigenvalue weighted by Crippen LogP contribution is 2.33. The number of carbonyl (C=O) groups is 1. The fourth-order valence-corrected chi connectivity index (χ4v) is 3.68. The number of H-pyrrole nitrogens is 1. The Balaban J connectivity index is 0.00000261. The number of hydrogen-bond donors (Lipinski definition) is 2. The van der Waals surface area contributed by atoms with Gasteiger partial charge in [-0.1, -0.05) is 57.0 Å². The Hall–Kier alpha value is -1.97. The molecule has 0 unspecified atom stereocenters. The predicted octanol–water partition coefficient (Wildman–Crippen LogP) is 6.21. The first-order chi connectivity index (χ1) is 12.4. The second kappa shape index (κ2) is 8.81. The Morgan fingerprint density at radius 2 is 1.89 bits per heavy atom. The molecule has 0 amide bonds. The van der Waals surface area contributed by atoms with E-state index in [0.29, 0.717) is 12.1 Å². The maximum Gasteiger partial charge on any atom is 0.167 e. The van der Waals surface area contributed by atoms with Crippen LogP contribution < -0.4 is 5.73 Å². The molecular formula is C22H26Cl2N2O. The number of aromatic nitrogens is 1. The topological polar surface area (TPSA) is 58.9 Å². The zero-order chi connectivity index (χ0) is 18.8. The van der Waals surface area contributed by atoms with Crippen LogP contribution in [-0.2, 0) is 12.8 Å². The number of aryl methyl sites for hydroxylation is 1. The number of rotatable bonds is 6. The number of hydrogen-bond acceptors (Lipinski definition) is 2. The van der Waals surface area contributed by atoms with Gasteiger partial charge in [-0.05, 0) is 42.2 Å². The molecule has 0 radical (unpaired) electrons. The van der Waals surface area contributed by atoms with E-state index in [1.54, 1.807) is 0 Å². The van der Waals surface area contributed by atoms with Crippen LogP contribution in [0.25, 0.3) is 10.9 Å². The van der Waals surface area contributed by atoms with E-state index < -0.39 is 0 Å². The minimum absolute atomic E-state index is 0. The Kier molecular flexibility index (Phi) is 6.96. The van der Waals surface area contributed by atoms with Crippen molar-refractivity contribution in [2.45, 2.75) is 40.0 Å². The van der Waals surface area contributed by atoms with Crippen molar-refractivity contribution in [3.63, 3.8) is 0 Å². The molecule has 0 saturated heterocycles. The van der Waals surface area contributed by atoms with Gasteiger partial charge in [0.05, 0.1) is 0 Å². The van der Waals surface area contributed by atoms with Gasteiger partial charge in [0.25, 0.3) is 0 Å². The molecule has 0 atom stereocenters. The minimum atomic E-state index is -0.0599. The SMILES string of the molecule is CCCc1[nH]c2cc(N)cc(Cc3ccccc3Cl)c2c1C(=O)C(C)C.Cl. The summed E-state index contributed by atoms with van der Waals surface area (Å²) in [7, 11) is 0. The average Bonchev–Trinajstić information content (AvgIpc) is 2.94. The van der Waals surface area contributed by atoms with Crippen molar-refractivity contribution < 1.29 is 4.79 Å². The van der Waals surface area contributed by atoms with Gasteiger partial charge in [-0.2, -0.15) is 0 Å². The van der Waals surface area contributed by atoms with Crippen LogP contribution in [0.2, 0.25) is 5.02 Å². The number of anilines is 1. The molecule has 1 aromatic heterocycles. The van der Waals surface area contributed by atoms with E-state index in [1.165, 1.54) is 0 Å². The Bertz CT molecular complexity index is 960. The molecule has 144 valence electrons. The standard InChI is InChI=1S/C22H25ClN2O.ClH/c1-4-7-18-21(22(26)13(2)3)20-15(11-16(24)12-19(20)25-18)10-14-8-5-6-9-17(14)23;/h5-6,8-9,11-13,25H,4,7,10,24H2,1-3H3;1H. The summed E-state index contributed by atoms with van der Waals surface area (Å²) in [5, 5.41) is 1.71. The molecule has 3 aromatic rings. The maximum absolute atomic E-state index is 13.0. The van der Waals surface area contributed by atoms with Crippen molar-refractivity contribution in [1.29, 1.82) is 0 Å². The molecule has 0 aliphatic rings. The predicted molar refractivity (Wildman–Crippen MR) is 117 cm³/mol. The van der Waals surface area contributed by atoms with Gasteiger partial charge in [0.15, 0.2) is 5.78 Å². The molecule has 0 bridgehead atoms. The molecule has 0 spiro atoms. The summed E-state index contributed by atoms with van der Waals surface area (Å²) in [5.41, 5.74) is 11.7. The summed E-state index contributed by atoms with van der Waals surface area (Å²) in [6.45, 7) is 6.01. The zero-order valence-corrected chi connectivity index (χ0v) is 17.5. The molecule has 27 heavy (non-hydrogen) atoms. The van der Waals surface area contributed by atoms with Gasteiger partial charge in [0, 0.05) is 38.8 Å². The van der Waals surface area contributed by atoms with Crippen LogP contribution in [-0.4, -0.2) is 10.8 Å². The number of benzene rings is 2. The number of nitrogens with one attached hydrogen (secondary N) is 1. The van der Waals surface area contributed by atoms with Crippen molar-refractivity contribution in [3.05, 3.63) is 63.8 Å². The lowest BCUT2D eigenvalue weighted by Crippen LogP contribution is -2.10. The zero-order valence-electron chi connectivity index (χ0n) is 15.9. The third-order valence-corrected chi connectivity index (χ3v) is 5.06. The van der Waals surface area contributed by atoms with Crippen LogP contribution in [0, 0.1) is 5.92 Å². The summed E-state index contributed by atoms with van der Waals surface area (Å²) in [6, 6.07) is 11.7. The van der Waals surface area contributed by atoms with E-state index >= 15 is 0 Å². The van der Waals surface area contributed by atoms with Crippen molar-refractivity contribution in [1.82, 2.24) is 4.98 Å². The smallest absolute Gasteiger partial charge is 0.167 e. The molecule has 0 saturated carbocycles. The number of ketones is 1. The van der Waals surface area contributed by atoms with Gasteiger partial charge in [0.1, 0.15) is 0 Å². The highest BCUT2D eigenvalue weighted by Gasteiger charge is 2.23. The summed E-state index contributed by atoms with van der Waals surface area (Å²) in [4.78, 5) is 16.4. The maximum atomic E-state index is 13.0.